The smallest absolute Gasteiger partial charge is 0.327 e. The van der Waals surface area contributed by atoms with E-state index < -0.39 is 11.2 Å². The van der Waals surface area contributed by atoms with Crippen molar-refractivity contribution in [1.82, 2.24) is 24.0 Å². The van der Waals surface area contributed by atoms with E-state index in [0.717, 1.165) is 4.57 Å². The van der Waals surface area contributed by atoms with Crippen LogP contribution >= 0.6 is 11.8 Å². The fourth-order valence-electron chi connectivity index (χ4n) is 3.21. The number of thioether (sulfide) groups is 1. The number of aryl methyl sites for hydroxylation is 1. The molecule has 1 aliphatic heterocycles. The first kappa shape index (κ1) is 18.2. The van der Waals surface area contributed by atoms with Crippen molar-refractivity contribution in [2.45, 2.75) is 11.6 Å². The van der Waals surface area contributed by atoms with Gasteiger partial charge < -0.3 is 4.98 Å². The zero-order chi connectivity index (χ0) is 20.0. The number of rotatable bonds is 5. The standard InChI is InChI=1S/C18H17N5O4S/c1-21-13-12(16(26)22(2)18(21)27)19-17(20-13)28-9-5-8-23-14(24)10-6-3-4-7-11(10)15(23)25/h3-4,6-7H,5,8-9H2,1-2H3,(H,19,20). The first-order valence-corrected chi connectivity index (χ1v) is 9.62. The summed E-state index contributed by atoms with van der Waals surface area (Å²) in [7, 11) is 2.97. The lowest BCUT2D eigenvalue weighted by Crippen LogP contribution is -2.36. The van der Waals surface area contributed by atoms with Gasteiger partial charge in [-0.25, -0.2) is 9.78 Å². The number of nitrogens with one attached hydrogen (secondary N) is 1. The van der Waals surface area contributed by atoms with E-state index in [1.165, 1.54) is 28.3 Å². The third kappa shape index (κ3) is 2.76. The van der Waals surface area contributed by atoms with Crippen LogP contribution in [-0.4, -0.2) is 48.1 Å². The van der Waals surface area contributed by atoms with Gasteiger partial charge in [-0.2, -0.15) is 0 Å². The normalized spacial score (nSPS) is 13.6. The molecule has 0 saturated heterocycles. The molecule has 1 aliphatic rings. The summed E-state index contributed by atoms with van der Waals surface area (Å²) in [6.07, 6.45) is 0.574. The van der Waals surface area contributed by atoms with Gasteiger partial charge in [0.1, 0.15) is 0 Å². The van der Waals surface area contributed by atoms with E-state index in [1.807, 2.05) is 0 Å². The van der Waals surface area contributed by atoms with Crippen LogP contribution in [0.2, 0.25) is 0 Å². The number of benzene rings is 1. The number of H-pyrrole nitrogens is 1. The van der Waals surface area contributed by atoms with Crippen LogP contribution in [0.3, 0.4) is 0 Å². The Hall–Kier alpha value is -3.14. The van der Waals surface area contributed by atoms with Gasteiger partial charge in [-0.1, -0.05) is 23.9 Å². The Morgan fingerprint density at radius 3 is 2.29 bits per heavy atom. The summed E-state index contributed by atoms with van der Waals surface area (Å²) in [5.74, 6) is 0.0438. The molecule has 3 heterocycles. The fraction of sp³-hybridized carbons (Fsp3) is 0.278. The average molecular weight is 399 g/mol. The highest BCUT2D eigenvalue weighted by Crippen LogP contribution is 2.23. The first-order valence-electron chi connectivity index (χ1n) is 8.64. The number of hydrogen-bond donors (Lipinski definition) is 1. The minimum absolute atomic E-state index is 0.271. The molecule has 28 heavy (non-hydrogen) atoms. The maximum atomic E-state index is 12.3. The summed E-state index contributed by atoms with van der Waals surface area (Å²) in [5.41, 5.74) is 0.585. The number of carbonyl (C=O) groups excluding carboxylic acids is 2. The Morgan fingerprint density at radius 1 is 1.00 bits per heavy atom. The molecule has 0 aliphatic carbocycles. The van der Waals surface area contributed by atoms with E-state index in [2.05, 4.69) is 9.97 Å². The van der Waals surface area contributed by atoms with Crippen LogP contribution in [0.15, 0.2) is 39.0 Å². The number of amides is 2. The lowest BCUT2D eigenvalue weighted by molar-refractivity contribution is 0.0655. The zero-order valence-corrected chi connectivity index (χ0v) is 16.1. The summed E-state index contributed by atoms with van der Waals surface area (Å²) in [5, 5.41) is 0.510. The van der Waals surface area contributed by atoms with Gasteiger partial charge in [0.05, 0.1) is 11.1 Å². The van der Waals surface area contributed by atoms with Crippen LogP contribution in [-0.2, 0) is 14.1 Å². The van der Waals surface area contributed by atoms with Gasteiger partial charge in [0.2, 0.25) is 0 Å². The molecule has 0 radical (unpaired) electrons. The molecule has 0 unspecified atom stereocenters. The van der Waals surface area contributed by atoms with Crippen molar-refractivity contribution < 1.29 is 9.59 Å². The molecule has 0 bridgehead atoms. The van der Waals surface area contributed by atoms with Gasteiger partial charge in [-0.3, -0.25) is 28.4 Å². The molecular weight excluding hydrogens is 382 g/mol. The van der Waals surface area contributed by atoms with E-state index >= 15 is 0 Å². The number of carbonyl (C=O) groups is 2. The number of aromatic nitrogens is 4. The minimum Gasteiger partial charge on any atom is -0.327 e. The third-order valence-corrected chi connectivity index (χ3v) is 5.68. The van der Waals surface area contributed by atoms with Crippen LogP contribution < -0.4 is 11.2 Å². The SMILES string of the molecule is Cn1c(=O)c2[nH]c(SCCCN3C(=O)c4ccccc4C3=O)nc2n(C)c1=O. The first-order chi connectivity index (χ1) is 13.4. The molecule has 144 valence electrons. The molecule has 9 nitrogen and oxygen atoms in total. The highest BCUT2D eigenvalue weighted by atomic mass is 32.2. The van der Waals surface area contributed by atoms with E-state index in [1.54, 1.807) is 31.3 Å². The van der Waals surface area contributed by atoms with Crippen molar-refractivity contribution in [3.05, 3.63) is 56.2 Å². The Kier molecular flexibility index (Phi) is 4.42. The van der Waals surface area contributed by atoms with Gasteiger partial charge in [-0.05, 0) is 18.6 Å². The maximum absolute atomic E-state index is 12.3. The average Bonchev–Trinajstić information content (AvgIpc) is 3.23. The Bertz CT molecular complexity index is 1200. The molecule has 2 amide bonds. The van der Waals surface area contributed by atoms with Gasteiger partial charge in [0.15, 0.2) is 16.3 Å². The number of hydrogen-bond acceptors (Lipinski definition) is 6. The Balaban J connectivity index is 1.43. The third-order valence-electron chi connectivity index (χ3n) is 4.72. The molecule has 0 spiro atoms. The number of imide groups is 1. The van der Waals surface area contributed by atoms with Crippen LogP contribution in [0.25, 0.3) is 11.2 Å². The molecule has 10 heteroatoms. The zero-order valence-electron chi connectivity index (χ0n) is 15.3. The quantitative estimate of drug-likeness (QED) is 0.385. The number of nitrogens with zero attached hydrogens (tertiary/aromatic N) is 4. The molecule has 2 aromatic heterocycles. The second-order valence-electron chi connectivity index (χ2n) is 6.46. The summed E-state index contributed by atoms with van der Waals surface area (Å²) in [4.78, 5) is 57.3. The predicted octanol–water partition coefficient (Wildman–Crippen LogP) is 0.739. The number of imidazole rings is 1. The van der Waals surface area contributed by atoms with E-state index in [-0.39, 0.29) is 17.3 Å². The largest absolute Gasteiger partial charge is 0.332 e. The highest BCUT2D eigenvalue weighted by Gasteiger charge is 2.34. The molecule has 0 saturated carbocycles. The molecule has 1 N–H and O–H groups in total. The molecule has 1 aromatic carbocycles. The summed E-state index contributed by atoms with van der Waals surface area (Å²) < 4.78 is 2.34. The van der Waals surface area contributed by atoms with Gasteiger partial charge in [0, 0.05) is 26.4 Å². The van der Waals surface area contributed by atoms with Crippen molar-refractivity contribution in [3.63, 3.8) is 0 Å². The maximum Gasteiger partial charge on any atom is 0.332 e. The molecular formula is C18H17N5O4S. The van der Waals surface area contributed by atoms with Gasteiger partial charge in [0.25, 0.3) is 17.4 Å². The van der Waals surface area contributed by atoms with Crippen molar-refractivity contribution in [1.29, 1.82) is 0 Å². The lowest BCUT2D eigenvalue weighted by atomic mass is 10.1. The monoisotopic (exact) mass is 399 g/mol. The molecule has 3 aromatic rings. The van der Waals surface area contributed by atoms with Crippen molar-refractivity contribution >= 4 is 34.7 Å². The second-order valence-corrected chi connectivity index (χ2v) is 7.54. The van der Waals surface area contributed by atoms with E-state index in [9.17, 15) is 19.2 Å². The van der Waals surface area contributed by atoms with Crippen molar-refractivity contribution in [2.24, 2.45) is 14.1 Å². The number of fused-ring (bicyclic) bond motifs is 2. The Labute approximate surface area is 163 Å². The fourth-order valence-corrected chi connectivity index (χ4v) is 4.00. The van der Waals surface area contributed by atoms with E-state index in [4.69, 9.17) is 0 Å². The number of aromatic amines is 1. The molecule has 4 rings (SSSR count). The van der Waals surface area contributed by atoms with Crippen molar-refractivity contribution in [3.8, 4) is 0 Å². The van der Waals surface area contributed by atoms with Gasteiger partial charge >= 0.3 is 5.69 Å². The van der Waals surface area contributed by atoms with Crippen LogP contribution in [0.4, 0.5) is 0 Å². The highest BCUT2D eigenvalue weighted by molar-refractivity contribution is 7.99. The predicted molar refractivity (Wildman–Crippen MR) is 104 cm³/mol. The summed E-state index contributed by atoms with van der Waals surface area (Å²) >= 11 is 1.37. The topological polar surface area (TPSA) is 110 Å². The summed E-state index contributed by atoms with van der Waals surface area (Å²) in [6.45, 7) is 0.305. The minimum atomic E-state index is -0.439. The van der Waals surface area contributed by atoms with Gasteiger partial charge in [-0.15, -0.1) is 0 Å². The lowest BCUT2D eigenvalue weighted by Gasteiger charge is -2.12. The van der Waals surface area contributed by atoms with Crippen LogP contribution in [0.5, 0.6) is 0 Å². The summed E-state index contributed by atoms with van der Waals surface area (Å²) in [6, 6.07) is 6.79. The Morgan fingerprint density at radius 2 is 1.64 bits per heavy atom. The molecule has 0 atom stereocenters. The van der Waals surface area contributed by atoms with Crippen molar-refractivity contribution in [2.75, 3.05) is 12.3 Å². The van der Waals surface area contributed by atoms with Crippen LogP contribution in [0, 0.1) is 0 Å². The second kappa shape index (κ2) is 6.79. The van der Waals surface area contributed by atoms with E-state index in [0.29, 0.717) is 40.6 Å². The molecule has 0 fully saturated rings. The van der Waals surface area contributed by atoms with Crippen LogP contribution in [0.1, 0.15) is 27.1 Å².